The number of nitrogens with zero attached hydrogens (tertiary/aromatic N) is 3. The third kappa shape index (κ3) is 3.87. The summed E-state index contributed by atoms with van der Waals surface area (Å²) in [4.78, 5) is 23.9. The van der Waals surface area contributed by atoms with Crippen molar-refractivity contribution in [3.8, 4) is 5.75 Å². The second kappa shape index (κ2) is 8.02. The maximum Gasteiger partial charge on any atom is 0.238 e. The van der Waals surface area contributed by atoms with Gasteiger partial charge in [0.1, 0.15) is 23.2 Å². The van der Waals surface area contributed by atoms with Gasteiger partial charge in [-0.1, -0.05) is 54.2 Å². The van der Waals surface area contributed by atoms with Gasteiger partial charge in [-0.05, 0) is 37.6 Å². The number of thioether (sulfide) groups is 1. The molecule has 1 atom stereocenters. The number of fused-ring (bicyclic) bond motifs is 1. The predicted octanol–water partition coefficient (Wildman–Crippen LogP) is 4.35. The van der Waals surface area contributed by atoms with Gasteiger partial charge in [0.2, 0.25) is 5.91 Å². The van der Waals surface area contributed by atoms with E-state index in [4.69, 9.17) is 4.74 Å². The normalized spacial score (nSPS) is 15.6. The number of aromatic nitrogens is 2. The Morgan fingerprint density at radius 1 is 1.11 bits per heavy atom. The number of carbonyl (C=O) groups is 1. The fourth-order valence-electron chi connectivity index (χ4n) is 3.38. The number of para-hydroxylation sites is 2. The minimum Gasteiger partial charge on any atom is -0.489 e. The van der Waals surface area contributed by atoms with Crippen molar-refractivity contribution in [1.82, 2.24) is 9.97 Å². The number of amides is 1. The Kier molecular flexibility index (Phi) is 5.30. The summed E-state index contributed by atoms with van der Waals surface area (Å²) in [7, 11) is 0. The molecule has 2 heterocycles. The van der Waals surface area contributed by atoms with E-state index in [0.717, 1.165) is 27.7 Å². The average Bonchev–Trinajstić information content (AvgIpc) is 2.71. The molecule has 142 valence electrons. The highest BCUT2D eigenvalue weighted by Gasteiger charge is 2.33. The molecule has 0 radical (unpaired) electrons. The van der Waals surface area contributed by atoms with Gasteiger partial charge in [0.15, 0.2) is 0 Å². The fraction of sp³-hybridized carbons (Fsp3) is 0.227. The van der Waals surface area contributed by atoms with Crippen molar-refractivity contribution in [2.45, 2.75) is 24.9 Å². The van der Waals surface area contributed by atoms with Crippen LogP contribution in [-0.2, 0) is 4.79 Å². The molecular weight excluding hydrogens is 370 g/mol. The highest BCUT2D eigenvalue weighted by atomic mass is 32.2. The Morgan fingerprint density at radius 3 is 2.64 bits per heavy atom. The molecule has 1 aromatic heterocycles. The molecule has 6 heteroatoms. The molecule has 0 unspecified atom stereocenters. The molecule has 0 fully saturated rings. The van der Waals surface area contributed by atoms with E-state index in [1.165, 1.54) is 11.8 Å². The van der Waals surface area contributed by atoms with Gasteiger partial charge in [0, 0.05) is 5.69 Å². The molecular formula is C22H21N3O2S. The monoisotopic (exact) mass is 391 g/mol. The topological polar surface area (TPSA) is 55.3 Å². The quantitative estimate of drug-likeness (QED) is 0.489. The van der Waals surface area contributed by atoms with Gasteiger partial charge in [0.05, 0.1) is 17.5 Å². The summed E-state index contributed by atoms with van der Waals surface area (Å²) in [6, 6.07) is 19.5. The zero-order valence-electron chi connectivity index (χ0n) is 15.8. The molecule has 0 bridgehead atoms. The van der Waals surface area contributed by atoms with E-state index in [2.05, 4.69) is 9.97 Å². The summed E-state index contributed by atoms with van der Waals surface area (Å²) < 4.78 is 5.94. The van der Waals surface area contributed by atoms with Crippen molar-refractivity contribution in [3.05, 3.63) is 77.7 Å². The molecule has 1 aliphatic heterocycles. The number of ether oxygens (including phenoxy) is 1. The maximum absolute atomic E-state index is 13.3. The van der Waals surface area contributed by atoms with Gasteiger partial charge in [-0.2, -0.15) is 0 Å². The fourth-order valence-corrected chi connectivity index (χ4v) is 4.24. The van der Waals surface area contributed by atoms with Crippen molar-refractivity contribution in [3.63, 3.8) is 0 Å². The minimum absolute atomic E-state index is 0.0310. The first-order valence-electron chi connectivity index (χ1n) is 9.16. The molecule has 0 N–H and O–H groups in total. The molecule has 28 heavy (non-hydrogen) atoms. The number of hydrogen-bond donors (Lipinski definition) is 0. The van der Waals surface area contributed by atoms with E-state index in [1.54, 1.807) is 0 Å². The highest BCUT2D eigenvalue weighted by Crippen LogP contribution is 2.39. The van der Waals surface area contributed by atoms with Crippen LogP contribution in [0.15, 0.2) is 65.7 Å². The van der Waals surface area contributed by atoms with Crippen molar-refractivity contribution in [2.24, 2.45) is 0 Å². The molecule has 5 nitrogen and oxygen atoms in total. The van der Waals surface area contributed by atoms with E-state index in [0.29, 0.717) is 18.2 Å². The number of carbonyl (C=O) groups excluding carboxylic acids is 1. The van der Waals surface area contributed by atoms with Gasteiger partial charge in [-0.25, -0.2) is 9.97 Å². The van der Waals surface area contributed by atoms with Crippen molar-refractivity contribution >= 4 is 23.4 Å². The van der Waals surface area contributed by atoms with Gasteiger partial charge in [-0.3, -0.25) is 9.69 Å². The summed E-state index contributed by atoms with van der Waals surface area (Å²) >= 11 is 1.44. The Morgan fingerprint density at radius 2 is 1.86 bits per heavy atom. The lowest BCUT2D eigenvalue weighted by molar-refractivity contribution is -0.117. The van der Waals surface area contributed by atoms with Gasteiger partial charge in [-0.15, -0.1) is 0 Å². The van der Waals surface area contributed by atoms with Crippen LogP contribution in [-0.4, -0.2) is 28.2 Å². The largest absolute Gasteiger partial charge is 0.489 e. The summed E-state index contributed by atoms with van der Waals surface area (Å²) in [6.45, 7) is 4.23. The maximum atomic E-state index is 13.3. The second-order valence-electron chi connectivity index (χ2n) is 6.65. The van der Waals surface area contributed by atoms with E-state index < -0.39 is 0 Å². The standard InChI is InChI=1S/C22H21N3O2S/c1-15-12-21(24-16(2)23-15)28-14-22(26)25-18-10-6-7-11-20(18)27-13-19(25)17-8-4-3-5-9-17/h3-12,19H,13-14H2,1-2H3/t19-/m0/s1. The number of benzene rings is 2. The Bertz CT molecular complexity index is 974. The lowest BCUT2D eigenvalue weighted by Gasteiger charge is -2.37. The smallest absolute Gasteiger partial charge is 0.238 e. The van der Waals surface area contributed by atoms with Crippen molar-refractivity contribution < 1.29 is 9.53 Å². The number of rotatable bonds is 4. The van der Waals surface area contributed by atoms with Gasteiger partial charge < -0.3 is 4.74 Å². The molecule has 1 aliphatic rings. The van der Waals surface area contributed by atoms with Gasteiger partial charge >= 0.3 is 0 Å². The predicted molar refractivity (Wildman–Crippen MR) is 111 cm³/mol. The van der Waals surface area contributed by atoms with Gasteiger partial charge in [0.25, 0.3) is 0 Å². The molecule has 0 spiro atoms. The molecule has 4 rings (SSSR count). The number of aryl methyl sites for hydroxylation is 2. The van der Waals surface area contributed by atoms with Crippen molar-refractivity contribution in [2.75, 3.05) is 17.3 Å². The summed E-state index contributed by atoms with van der Waals surface area (Å²) in [5.41, 5.74) is 2.77. The zero-order valence-corrected chi connectivity index (χ0v) is 16.6. The molecule has 0 saturated carbocycles. The van der Waals surface area contributed by atoms with Crippen LogP contribution in [0.2, 0.25) is 0 Å². The minimum atomic E-state index is -0.155. The van der Waals surface area contributed by atoms with E-state index in [1.807, 2.05) is 79.4 Å². The summed E-state index contributed by atoms with van der Waals surface area (Å²) in [5, 5.41) is 0.816. The van der Waals surface area contributed by atoms with Crippen LogP contribution in [0.3, 0.4) is 0 Å². The number of anilines is 1. The first-order chi connectivity index (χ1) is 13.6. The van der Waals surface area contributed by atoms with E-state index in [9.17, 15) is 4.79 Å². The average molecular weight is 391 g/mol. The Balaban J connectivity index is 1.62. The van der Waals surface area contributed by atoms with Crippen LogP contribution in [0, 0.1) is 13.8 Å². The third-order valence-corrected chi connectivity index (χ3v) is 5.47. The van der Waals surface area contributed by atoms with Crippen LogP contribution in [0.1, 0.15) is 23.1 Å². The first kappa shape index (κ1) is 18.5. The van der Waals surface area contributed by atoms with Crippen molar-refractivity contribution in [1.29, 1.82) is 0 Å². The highest BCUT2D eigenvalue weighted by molar-refractivity contribution is 7.99. The molecule has 1 amide bonds. The summed E-state index contributed by atoms with van der Waals surface area (Å²) in [5.74, 6) is 1.78. The summed E-state index contributed by atoms with van der Waals surface area (Å²) in [6.07, 6.45) is 0. The Labute approximate surface area is 168 Å². The molecule has 2 aromatic carbocycles. The molecule has 0 aliphatic carbocycles. The number of hydrogen-bond acceptors (Lipinski definition) is 5. The molecule has 3 aromatic rings. The third-order valence-electron chi connectivity index (χ3n) is 4.57. The van der Waals surface area contributed by atoms with E-state index >= 15 is 0 Å². The van der Waals surface area contributed by atoms with Crippen LogP contribution in [0.25, 0.3) is 0 Å². The SMILES string of the molecule is Cc1cc(SCC(=O)N2c3ccccc3OC[C@H]2c2ccccc2)nc(C)n1. The lowest BCUT2D eigenvalue weighted by atomic mass is 10.0. The first-order valence-corrected chi connectivity index (χ1v) is 10.1. The van der Waals surface area contributed by atoms with Crippen LogP contribution in [0.5, 0.6) is 5.75 Å². The van der Waals surface area contributed by atoms with Crippen LogP contribution < -0.4 is 9.64 Å². The van der Waals surface area contributed by atoms with Crippen LogP contribution in [0.4, 0.5) is 5.69 Å². The second-order valence-corrected chi connectivity index (χ2v) is 7.65. The van der Waals surface area contributed by atoms with E-state index in [-0.39, 0.29) is 11.9 Å². The zero-order chi connectivity index (χ0) is 19.5. The van der Waals surface area contributed by atoms with Crippen LogP contribution >= 0.6 is 11.8 Å². The Hall–Kier alpha value is -2.86. The molecule has 0 saturated heterocycles. The lowest BCUT2D eigenvalue weighted by Crippen LogP contribution is -2.42.